The number of nitrogens with one attached hydrogen (secondary N) is 1. The topological polar surface area (TPSA) is 75.9 Å². The van der Waals surface area contributed by atoms with E-state index in [1.54, 1.807) is 12.5 Å². The van der Waals surface area contributed by atoms with E-state index in [0.29, 0.717) is 17.9 Å². The van der Waals surface area contributed by atoms with Crippen molar-refractivity contribution < 1.29 is 4.79 Å². The first-order valence-corrected chi connectivity index (χ1v) is 11.6. The molecule has 4 aliphatic rings. The van der Waals surface area contributed by atoms with Crippen molar-refractivity contribution in [1.29, 1.82) is 0 Å². The highest BCUT2D eigenvalue weighted by molar-refractivity contribution is 6.01. The highest BCUT2D eigenvalue weighted by Gasteiger charge is 2.59. The van der Waals surface area contributed by atoms with E-state index in [9.17, 15) is 4.79 Å². The number of amides is 1. The monoisotopic (exact) mass is 410 g/mol. The van der Waals surface area contributed by atoms with Crippen LogP contribution in [0.15, 0.2) is 12.5 Å². The Kier molecular flexibility index (Phi) is 4.84. The van der Waals surface area contributed by atoms with Gasteiger partial charge >= 0.3 is 0 Å². The minimum Gasteiger partial charge on any atom is -0.309 e. The van der Waals surface area contributed by atoms with Crippen LogP contribution in [-0.2, 0) is 11.3 Å². The van der Waals surface area contributed by atoms with Crippen LogP contribution in [0.1, 0.15) is 59.8 Å². The van der Waals surface area contributed by atoms with Gasteiger partial charge in [-0.3, -0.25) is 9.69 Å². The summed E-state index contributed by atoms with van der Waals surface area (Å²) in [6.07, 6.45) is 9.21. The molecule has 2 aromatic heterocycles. The first-order chi connectivity index (χ1) is 14.4. The van der Waals surface area contributed by atoms with E-state index in [4.69, 9.17) is 0 Å². The fraction of sp³-hybridized carbons (Fsp3) is 0.739. The number of anilines is 1. The largest absolute Gasteiger partial charge is 0.309 e. The van der Waals surface area contributed by atoms with Gasteiger partial charge < -0.3 is 5.32 Å². The molecule has 7 nitrogen and oxygen atoms in total. The van der Waals surface area contributed by atoms with Crippen LogP contribution in [0, 0.1) is 23.2 Å². The minimum atomic E-state index is -0.168. The molecule has 1 amide bonds. The smallest absolute Gasteiger partial charge is 0.231 e. The number of carbonyl (C=O) groups excluding carboxylic acids is 1. The summed E-state index contributed by atoms with van der Waals surface area (Å²) in [5.74, 6) is 3.07. The molecule has 0 spiro atoms. The van der Waals surface area contributed by atoms with E-state index in [2.05, 4.69) is 53.0 Å². The van der Waals surface area contributed by atoms with Crippen LogP contribution >= 0.6 is 0 Å². The summed E-state index contributed by atoms with van der Waals surface area (Å²) in [4.78, 5) is 24.7. The normalized spacial score (nSPS) is 29.8. The van der Waals surface area contributed by atoms with E-state index < -0.39 is 0 Å². The second kappa shape index (κ2) is 7.29. The number of aromatic nitrogens is 4. The van der Waals surface area contributed by atoms with E-state index in [1.807, 2.05) is 4.68 Å². The first kappa shape index (κ1) is 19.9. The first-order valence-electron chi connectivity index (χ1n) is 11.6. The maximum atomic E-state index is 13.3. The van der Waals surface area contributed by atoms with Gasteiger partial charge in [-0.15, -0.1) is 0 Å². The lowest BCUT2D eigenvalue weighted by atomic mass is 9.69. The number of fused-ring (bicyclic) bond motifs is 1. The van der Waals surface area contributed by atoms with Crippen molar-refractivity contribution in [3.8, 4) is 0 Å². The molecule has 6 rings (SSSR count). The maximum absolute atomic E-state index is 13.3. The fourth-order valence-electron chi connectivity index (χ4n) is 6.81. The predicted octanol–water partition coefficient (Wildman–Crippen LogP) is 3.71. The van der Waals surface area contributed by atoms with Crippen molar-refractivity contribution in [1.82, 2.24) is 24.6 Å². The summed E-state index contributed by atoms with van der Waals surface area (Å²) in [7, 11) is 0. The van der Waals surface area contributed by atoms with Gasteiger partial charge in [0.1, 0.15) is 12.1 Å². The van der Waals surface area contributed by atoms with Gasteiger partial charge in [-0.25, -0.2) is 14.6 Å². The Labute approximate surface area is 178 Å². The molecular formula is C23H34N6O. The van der Waals surface area contributed by atoms with Crippen molar-refractivity contribution in [3.63, 3.8) is 0 Å². The van der Waals surface area contributed by atoms with E-state index in [0.717, 1.165) is 61.1 Å². The number of carbonyl (C=O) groups is 1. The molecule has 0 aliphatic heterocycles. The van der Waals surface area contributed by atoms with Gasteiger partial charge in [-0.1, -0.05) is 0 Å². The van der Waals surface area contributed by atoms with Crippen LogP contribution < -0.4 is 5.32 Å². The molecule has 2 aromatic rings. The van der Waals surface area contributed by atoms with Crippen molar-refractivity contribution in [2.24, 2.45) is 23.2 Å². The molecule has 4 fully saturated rings. The van der Waals surface area contributed by atoms with Crippen molar-refractivity contribution in [2.45, 2.75) is 78.4 Å². The van der Waals surface area contributed by atoms with Gasteiger partial charge in [-0.05, 0) is 77.6 Å². The number of nitrogens with zero attached hydrogens (tertiary/aromatic N) is 5. The molecule has 1 N–H and O–H groups in total. The lowest BCUT2D eigenvalue weighted by Gasteiger charge is -2.36. The molecular weight excluding hydrogens is 376 g/mol. The summed E-state index contributed by atoms with van der Waals surface area (Å²) >= 11 is 0. The van der Waals surface area contributed by atoms with Gasteiger partial charge in [0, 0.05) is 18.6 Å². The Morgan fingerprint density at radius 3 is 2.50 bits per heavy atom. The van der Waals surface area contributed by atoms with Gasteiger partial charge in [0.2, 0.25) is 5.91 Å². The zero-order valence-electron chi connectivity index (χ0n) is 18.6. The van der Waals surface area contributed by atoms with Crippen LogP contribution in [0.3, 0.4) is 0 Å². The molecule has 2 heterocycles. The minimum absolute atomic E-state index is 0.165. The van der Waals surface area contributed by atoms with Gasteiger partial charge in [0.15, 0.2) is 5.65 Å². The van der Waals surface area contributed by atoms with Crippen LogP contribution in [0.25, 0.3) is 11.0 Å². The molecule has 4 bridgehead atoms. The Hall–Kier alpha value is -2.02. The van der Waals surface area contributed by atoms with Crippen LogP contribution in [0.2, 0.25) is 0 Å². The lowest BCUT2D eigenvalue weighted by molar-refractivity contribution is -0.128. The summed E-state index contributed by atoms with van der Waals surface area (Å²) < 4.78 is 1.93. The molecule has 162 valence electrons. The van der Waals surface area contributed by atoms with Crippen LogP contribution in [0.4, 0.5) is 5.82 Å². The van der Waals surface area contributed by atoms with E-state index >= 15 is 0 Å². The molecule has 4 aliphatic carbocycles. The molecule has 0 aromatic carbocycles. The number of hydrogen-bond acceptors (Lipinski definition) is 5. The Morgan fingerprint density at radius 2 is 1.87 bits per heavy atom. The second-order valence-corrected chi connectivity index (χ2v) is 10.5. The van der Waals surface area contributed by atoms with Crippen LogP contribution in [0.5, 0.6) is 0 Å². The zero-order valence-corrected chi connectivity index (χ0v) is 18.6. The van der Waals surface area contributed by atoms with Gasteiger partial charge in [0.25, 0.3) is 0 Å². The third-order valence-corrected chi connectivity index (χ3v) is 7.97. The molecule has 7 heteroatoms. The summed E-state index contributed by atoms with van der Waals surface area (Å²) in [6, 6.07) is 0.958. The molecule has 4 saturated carbocycles. The third kappa shape index (κ3) is 3.22. The fourth-order valence-corrected chi connectivity index (χ4v) is 6.81. The predicted molar refractivity (Wildman–Crippen MR) is 117 cm³/mol. The number of hydrogen-bond donors (Lipinski definition) is 1. The summed E-state index contributed by atoms with van der Waals surface area (Å²) in [5.41, 5.74) is 0.625. The zero-order chi connectivity index (χ0) is 21.0. The Bertz CT molecular complexity index is 923. The molecule has 0 saturated heterocycles. The second-order valence-electron chi connectivity index (χ2n) is 10.5. The van der Waals surface area contributed by atoms with Crippen molar-refractivity contribution >= 4 is 22.8 Å². The van der Waals surface area contributed by atoms with E-state index in [1.165, 1.54) is 12.8 Å². The molecule has 30 heavy (non-hydrogen) atoms. The average molecular weight is 411 g/mol. The molecule has 2 atom stereocenters. The lowest BCUT2D eigenvalue weighted by Crippen LogP contribution is -2.39. The van der Waals surface area contributed by atoms with Crippen molar-refractivity contribution in [2.75, 3.05) is 11.9 Å². The Balaban J connectivity index is 1.33. The standard InChI is InChI=1S/C23H34N6O/c1-14(2)28(15(3)4)5-6-29-21-19(12-26-29)20(24-13-25-21)27-22(30)23-9-16-7-17(10-23)18(8-16)11-23/h12-18H,5-11H2,1-4H3,(H,24,25,27,30). The third-order valence-electron chi connectivity index (χ3n) is 7.97. The molecule has 2 unspecified atom stereocenters. The SMILES string of the molecule is CC(C)N(CCn1ncc2c(NC(=O)C34CC5CC(C3)C(C5)C4)ncnc21)C(C)C. The van der Waals surface area contributed by atoms with E-state index in [-0.39, 0.29) is 11.3 Å². The Morgan fingerprint density at radius 1 is 1.17 bits per heavy atom. The quantitative estimate of drug-likeness (QED) is 0.753. The number of rotatable bonds is 7. The van der Waals surface area contributed by atoms with Gasteiger partial charge in [0.05, 0.1) is 23.5 Å². The average Bonchev–Trinajstić information content (AvgIpc) is 3.30. The van der Waals surface area contributed by atoms with Crippen LogP contribution in [-0.4, -0.2) is 49.2 Å². The van der Waals surface area contributed by atoms with Crippen molar-refractivity contribution in [3.05, 3.63) is 12.5 Å². The summed E-state index contributed by atoms with van der Waals surface area (Å²) in [6.45, 7) is 10.6. The van der Waals surface area contributed by atoms with Gasteiger partial charge in [-0.2, -0.15) is 5.10 Å². The maximum Gasteiger partial charge on any atom is 0.231 e. The summed E-state index contributed by atoms with van der Waals surface area (Å²) in [5, 5.41) is 8.57. The molecule has 0 radical (unpaired) electrons. The highest BCUT2D eigenvalue weighted by atomic mass is 16.2. The highest BCUT2D eigenvalue weighted by Crippen LogP contribution is 2.64.